The van der Waals surface area contributed by atoms with Gasteiger partial charge in [-0.15, -0.1) is 0 Å². The number of aliphatic hydroxyl groups is 1. The number of hydrogen-bond acceptors (Lipinski definition) is 4. The summed E-state index contributed by atoms with van der Waals surface area (Å²) in [6.07, 6.45) is -1.11. The second kappa shape index (κ2) is 6.81. The molecule has 0 aliphatic carbocycles. The van der Waals surface area contributed by atoms with Crippen LogP contribution in [-0.2, 0) is 9.53 Å². The zero-order valence-corrected chi connectivity index (χ0v) is 14.9. The molecule has 2 atom stereocenters. The number of hydrogen-bond donors (Lipinski definition) is 2. The highest BCUT2D eigenvalue weighted by Crippen LogP contribution is 2.23. The zero-order valence-electron chi connectivity index (χ0n) is 14.9. The summed E-state index contributed by atoms with van der Waals surface area (Å²) in [5.41, 5.74) is 2.23. The van der Waals surface area contributed by atoms with Gasteiger partial charge < -0.3 is 15.2 Å². The van der Waals surface area contributed by atoms with E-state index in [1.807, 2.05) is 32.0 Å². The molecule has 132 valence electrons. The number of rotatable bonds is 2. The van der Waals surface area contributed by atoms with E-state index < -0.39 is 23.8 Å². The third-order valence-electron chi connectivity index (χ3n) is 3.98. The van der Waals surface area contributed by atoms with E-state index in [9.17, 15) is 14.7 Å². The van der Waals surface area contributed by atoms with Crippen LogP contribution in [0.2, 0.25) is 0 Å². The van der Waals surface area contributed by atoms with Gasteiger partial charge in [0.1, 0.15) is 11.6 Å². The van der Waals surface area contributed by atoms with Gasteiger partial charge in [0, 0.05) is 12.1 Å². The number of ether oxygens (including phenoxy) is 1. The van der Waals surface area contributed by atoms with Crippen molar-refractivity contribution >= 4 is 17.7 Å². The Labute approximate surface area is 142 Å². The first kappa shape index (κ1) is 18.3. The van der Waals surface area contributed by atoms with Crippen molar-refractivity contribution in [2.75, 3.05) is 11.9 Å². The number of likely N-dealkylation sites (tertiary alicyclic amines) is 1. The number of amides is 2. The van der Waals surface area contributed by atoms with Crippen molar-refractivity contribution in [3.05, 3.63) is 29.3 Å². The van der Waals surface area contributed by atoms with Crippen molar-refractivity contribution in [3.8, 4) is 0 Å². The fraction of sp³-hybridized carbons (Fsp3) is 0.556. The second-order valence-electron chi connectivity index (χ2n) is 7.33. The summed E-state index contributed by atoms with van der Waals surface area (Å²) >= 11 is 0. The van der Waals surface area contributed by atoms with Crippen LogP contribution >= 0.6 is 0 Å². The Morgan fingerprint density at radius 3 is 2.50 bits per heavy atom. The number of benzene rings is 1. The lowest BCUT2D eigenvalue weighted by atomic mass is 10.1. The van der Waals surface area contributed by atoms with Gasteiger partial charge in [0.15, 0.2) is 0 Å². The molecule has 1 fully saturated rings. The number of anilines is 1. The molecule has 1 saturated heterocycles. The number of aliphatic hydroxyl groups excluding tert-OH is 1. The van der Waals surface area contributed by atoms with Crippen molar-refractivity contribution in [2.24, 2.45) is 0 Å². The maximum absolute atomic E-state index is 12.6. The van der Waals surface area contributed by atoms with Gasteiger partial charge in [0.2, 0.25) is 5.91 Å². The summed E-state index contributed by atoms with van der Waals surface area (Å²) in [6.45, 7) is 9.36. The number of carbonyl (C=O) groups excluding carboxylic acids is 2. The minimum atomic E-state index is -0.739. The molecular weight excluding hydrogens is 308 g/mol. The van der Waals surface area contributed by atoms with Gasteiger partial charge in [-0.3, -0.25) is 9.69 Å². The molecule has 0 bridgehead atoms. The van der Waals surface area contributed by atoms with E-state index in [1.165, 1.54) is 4.90 Å². The second-order valence-corrected chi connectivity index (χ2v) is 7.33. The average Bonchev–Trinajstić information content (AvgIpc) is 2.83. The topological polar surface area (TPSA) is 78.9 Å². The molecular formula is C18H26N2O4. The molecule has 1 aromatic rings. The Kier molecular flexibility index (Phi) is 5.18. The molecule has 0 spiro atoms. The van der Waals surface area contributed by atoms with E-state index in [-0.39, 0.29) is 18.9 Å². The van der Waals surface area contributed by atoms with E-state index in [0.29, 0.717) is 5.69 Å². The number of nitrogens with zero attached hydrogens (tertiary/aromatic N) is 1. The third kappa shape index (κ3) is 4.47. The Balaban J connectivity index is 2.10. The highest BCUT2D eigenvalue weighted by Gasteiger charge is 2.40. The van der Waals surface area contributed by atoms with Crippen LogP contribution in [0.5, 0.6) is 0 Å². The molecule has 6 heteroatoms. The minimum absolute atomic E-state index is 0.0971. The van der Waals surface area contributed by atoms with Gasteiger partial charge in [-0.2, -0.15) is 0 Å². The summed E-state index contributed by atoms with van der Waals surface area (Å²) in [5, 5.41) is 12.7. The molecule has 24 heavy (non-hydrogen) atoms. The van der Waals surface area contributed by atoms with Gasteiger partial charge in [0.25, 0.3) is 0 Å². The molecule has 1 aromatic carbocycles. The normalized spacial score (nSPS) is 20.8. The summed E-state index contributed by atoms with van der Waals surface area (Å²) in [6, 6.07) is 4.90. The molecule has 1 aliphatic rings. The van der Waals surface area contributed by atoms with E-state index in [4.69, 9.17) is 4.74 Å². The van der Waals surface area contributed by atoms with Crippen LogP contribution in [0.1, 0.15) is 38.3 Å². The van der Waals surface area contributed by atoms with Crippen molar-refractivity contribution in [1.29, 1.82) is 0 Å². The minimum Gasteiger partial charge on any atom is -0.444 e. The first-order chi connectivity index (χ1) is 11.1. The molecule has 1 heterocycles. The van der Waals surface area contributed by atoms with Crippen LogP contribution in [0.25, 0.3) is 0 Å². The quantitative estimate of drug-likeness (QED) is 0.871. The number of carbonyl (C=O) groups is 2. The van der Waals surface area contributed by atoms with E-state index in [2.05, 4.69) is 5.32 Å². The lowest BCUT2D eigenvalue weighted by Gasteiger charge is -2.27. The van der Waals surface area contributed by atoms with Crippen LogP contribution < -0.4 is 5.32 Å². The largest absolute Gasteiger partial charge is 0.444 e. The monoisotopic (exact) mass is 334 g/mol. The van der Waals surface area contributed by atoms with E-state index in [0.717, 1.165) is 11.1 Å². The van der Waals surface area contributed by atoms with Crippen LogP contribution in [-0.4, -0.2) is 46.3 Å². The summed E-state index contributed by atoms with van der Waals surface area (Å²) in [4.78, 5) is 26.1. The Hall–Kier alpha value is -2.08. The maximum atomic E-state index is 12.6. The third-order valence-corrected chi connectivity index (χ3v) is 3.98. The van der Waals surface area contributed by atoms with Crippen LogP contribution in [0.15, 0.2) is 18.2 Å². The van der Waals surface area contributed by atoms with Crippen molar-refractivity contribution in [3.63, 3.8) is 0 Å². The molecule has 0 saturated carbocycles. The lowest BCUT2D eigenvalue weighted by Crippen LogP contribution is -2.45. The first-order valence-corrected chi connectivity index (χ1v) is 8.12. The van der Waals surface area contributed by atoms with Crippen molar-refractivity contribution in [1.82, 2.24) is 4.90 Å². The molecule has 1 aliphatic heterocycles. The van der Waals surface area contributed by atoms with E-state index >= 15 is 0 Å². The predicted molar refractivity (Wildman–Crippen MR) is 91.9 cm³/mol. The lowest BCUT2D eigenvalue weighted by molar-refractivity contribution is -0.120. The summed E-state index contributed by atoms with van der Waals surface area (Å²) < 4.78 is 5.33. The Bertz CT molecular complexity index is 636. The SMILES string of the molecule is Cc1ccc(NC(=O)[C@H]2C[C@@H](O)CN2C(=O)OC(C)(C)C)cc1C. The molecule has 0 radical (unpaired) electrons. The first-order valence-electron chi connectivity index (χ1n) is 8.12. The van der Waals surface area contributed by atoms with Gasteiger partial charge in [-0.25, -0.2) is 4.79 Å². The fourth-order valence-electron chi connectivity index (χ4n) is 2.63. The zero-order chi connectivity index (χ0) is 18.1. The molecule has 6 nitrogen and oxygen atoms in total. The summed E-state index contributed by atoms with van der Waals surface area (Å²) in [5.74, 6) is -0.319. The average molecular weight is 334 g/mol. The standard InChI is InChI=1S/C18H26N2O4/c1-11-6-7-13(8-12(11)2)19-16(22)15-9-14(21)10-20(15)17(23)24-18(3,4)5/h6-8,14-15,21H,9-10H2,1-5H3,(H,19,22)/t14-,15-/m1/s1. The van der Waals surface area contributed by atoms with Gasteiger partial charge >= 0.3 is 6.09 Å². The van der Waals surface area contributed by atoms with Gasteiger partial charge in [0.05, 0.1) is 12.6 Å². The Morgan fingerprint density at radius 1 is 1.25 bits per heavy atom. The molecule has 2 N–H and O–H groups in total. The summed E-state index contributed by atoms with van der Waals surface area (Å²) in [7, 11) is 0. The Morgan fingerprint density at radius 2 is 1.92 bits per heavy atom. The van der Waals surface area contributed by atoms with E-state index in [1.54, 1.807) is 20.8 Å². The maximum Gasteiger partial charge on any atom is 0.411 e. The molecule has 0 unspecified atom stereocenters. The fourth-order valence-corrected chi connectivity index (χ4v) is 2.63. The van der Waals surface area contributed by atoms with Crippen LogP contribution in [0.4, 0.5) is 10.5 Å². The molecule has 2 rings (SSSR count). The van der Waals surface area contributed by atoms with Gasteiger partial charge in [-0.05, 0) is 57.9 Å². The van der Waals surface area contributed by atoms with Crippen molar-refractivity contribution < 1.29 is 19.4 Å². The van der Waals surface area contributed by atoms with Crippen LogP contribution in [0, 0.1) is 13.8 Å². The highest BCUT2D eigenvalue weighted by molar-refractivity contribution is 5.97. The number of β-amino-alcohol motifs (C(OH)–C–C–N with tert-alkyl or cyclic N) is 1. The number of nitrogens with one attached hydrogen (secondary N) is 1. The van der Waals surface area contributed by atoms with Gasteiger partial charge in [-0.1, -0.05) is 6.07 Å². The highest BCUT2D eigenvalue weighted by atomic mass is 16.6. The predicted octanol–water partition coefficient (Wildman–Crippen LogP) is 2.61. The van der Waals surface area contributed by atoms with Crippen LogP contribution in [0.3, 0.4) is 0 Å². The molecule has 0 aromatic heterocycles. The van der Waals surface area contributed by atoms with Crippen molar-refractivity contribution in [2.45, 2.75) is 58.8 Å². The smallest absolute Gasteiger partial charge is 0.411 e. The molecule has 2 amide bonds. The number of aryl methyl sites for hydroxylation is 2.